The van der Waals surface area contributed by atoms with Crippen LogP contribution < -0.4 is 0 Å². The van der Waals surface area contributed by atoms with Crippen LogP contribution >= 0.6 is 0 Å². The van der Waals surface area contributed by atoms with E-state index < -0.39 is 0 Å². The molecule has 0 fully saturated rings. The first kappa shape index (κ1) is 14.5. The number of aryl methyl sites for hydroxylation is 1. The molecule has 3 heterocycles. The van der Waals surface area contributed by atoms with Crippen LogP contribution in [0, 0.1) is 5.82 Å². The van der Waals surface area contributed by atoms with Crippen LogP contribution in [0.25, 0.3) is 22.7 Å². The van der Waals surface area contributed by atoms with E-state index in [1.807, 2.05) is 17.7 Å². The van der Waals surface area contributed by atoms with Crippen molar-refractivity contribution >= 4 is 11.0 Å². The lowest BCUT2D eigenvalue weighted by atomic mass is 10.3. The summed E-state index contributed by atoms with van der Waals surface area (Å²) in [6.45, 7) is 3.31. The van der Waals surface area contributed by atoms with Gasteiger partial charge in [-0.15, -0.1) is 0 Å². The summed E-state index contributed by atoms with van der Waals surface area (Å²) in [6.07, 6.45) is 6.95. The molecule has 4 rings (SSSR count). The van der Waals surface area contributed by atoms with Crippen LogP contribution in [0.1, 0.15) is 12.7 Å². The van der Waals surface area contributed by atoms with Crippen molar-refractivity contribution in [2.75, 3.05) is 0 Å². The van der Waals surface area contributed by atoms with Gasteiger partial charge in [-0.25, -0.2) is 24.3 Å². The van der Waals surface area contributed by atoms with E-state index in [2.05, 4.69) is 24.5 Å². The topological polar surface area (TPSA) is 61.4 Å². The lowest BCUT2D eigenvalue weighted by Gasteiger charge is -2.09. The predicted molar refractivity (Wildman–Crippen MR) is 87.7 cm³/mol. The molecule has 0 unspecified atom stereocenters. The number of rotatable bonds is 4. The third kappa shape index (κ3) is 2.44. The Morgan fingerprint density at radius 3 is 2.71 bits per heavy atom. The van der Waals surface area contributed by atoms with Gasteiger partial charge in [-0.3, -0.25) is 0 Å². The molecule has 0 radical (unpaired) electrons. The Bertz CT molecular complexity index is 989. The lowest BCUT2D eigenvalue weighted by molar-refractivity contribution is 0.629. The third-order valence-corrected chi connectivity index (χ3v) is 3.90. The van der Waals surface area contributed by atoms with E-state index in [0.717, 1.165) is 17.9 Å². The first-order valence-corrected chi connectivity index (χ1v) is 7.69. The van der Waals surface area contributed by atoms with Gasteiger partial charge in [0, 0.05) is 37.4 Å². The van der Waals surface area contributed by atoms with Gasteiger partial charge in [-0.1, -0.05) is 0 Å². The van der Waals surface area contributed by atoms with Gasteiger partial charge in [-0.05, 0) is 25.1 Å². The minimum absolute atomic E-state index is 0.282. The SMILES string of the molecule is CCn1c(Cn2ccnc2-c2ncccn2)nc2cc(F)ccc21. The van der Waals surface area contributed by atoms with Crippen LogP contribution in [0.4, 0.5) is 4.39 Å². The number of benzene rings is 1. The zero-order valence-corrected chi connectivity index (χ0v) is 13.1. The summed E-state index contributed by atoms with van der Waals surface area (Å²) in [5.41, 5.74) is 1.58. The third-order valence-electron chi connectivity index (χ3n) is 3.90. The van der Waals surface area contributed by atoms with Crippen LogP contribution in [0.15, 0.2) is 49.1 Å². The Morgan fingerprint density at radius 1 is 1.08 bits per heavy atom. The van der Waals surface area contributed by atoms with Crippen molar-refractivity contribution < 1.29 is 4.39 Å². The van der Waals surface area contributed by atoms with Crippen molar-refractivity contribution in [3.63, 3.8) is 0 Å². The highest BCUT2D eigenvalue weighted by Gasteiger charge is 2.14. The lowest BCUT2D eigenvalue weighted by Crippen LogP contribution is -2.09. The van der Waals surface area contributed by atoms with E-state index >= 15 is 0 Å². The number of imidazole rings is 2. The Morgan fingerprint density at radius 2 is 1.92 bits per heavy atom. The van der Waals surface area contributed by atoms with E-state index in [1.165, 1.54) is 12.1 Å². The van der Waals surface area contributed by atoms with Crippen molar-refractivity contribution in [3.8, 4) is 11.6 Å². The standard InChI is InChI=1S/C17H15FN6/c1-2-24-14-5-4-12(18)10-13(14)22-15(24)11-23-9-8-21-17(23)16-19-6-3-7-20-16/h3-10H,2,11H2,1H3. The average molecular weight is 322 g/mol. The monoisotopic (exact) mass is 322 g/mol. The first-order valence-electron chi connectivity index (χ1n) is 7.69. The molecule has 0 bridgehead atoms. The second-order valence-electron chi connectivity index (χ2n) is 5.36. The summed E-state index contributed by atoms with van der Waals surface area (Å²) in [5.74, 6) is 1.80. The number of hydrogen-bond donors (Lipinski definition) is 0. The quantitative estimate of drug-likeness (QED) is 0.579. The molecular formula is C17H15FN6. The number of aromatic nitrogens is 6. The zero-order chi connectivity index (χ0) is 16.5. The highest BCUT2D eigenvalue weighted by molar-refractivity contribution is 5.76. The van der Waals surface area contributed by atoms with E-state index in [4.69, 9.17) is 0 Å². The molecule has 3 aromatic heterocycles. The van der Waals surface area contributed by atoms with E-state index in [1.54, 1.807) is 30.7 Å². The first-order chi connectivity index (χ1) is 11.8. The molecule has 4 aromatic rings. The summed E-state index contributed by atoms with van der Waals surface area (Å²) in [5, 5.41) is 0. The van der Waals surface area contributed by atoms with Gasteiger partial charge < -0.3 is 9.13 Å². The molecule has 24 heavy (non-hydrogen) atoms. The Hall–Kier alpha value is -3.09. The van der Waals surface area contributed by atoms with Crippen LogP contribution in [-0.2, 0) is 13.1 Å². The highest BCUT2D eigenvalue weighted by Crippen LogP contribution is 2.20. The van der Waals surface area contributed by atoms with Gasteiger partial charge >= 0.3 is 0 Å². The maximum atomic E-state index is 13.5. The van der Waals surface area contributed by atoms with Crippen LogP contribution in [0.5, 0.6) is 0 Å². The van der Waals surface area contributed by atoms with Crippen molar-refractivity contribution in [2.24, 2.45) is 0 Å². The molecule has 0 aliphatic carbocycles. The molecule has 6 nitrogen and oxygen atoms in total. The van der Waals surface area contributed by atoms with Crippen molar-refractivity contribution in [1.29, 1.82) is 0 Å². The maximum absolute atomic E-state index is 13.5. The van der Waals surface area contributed by atoms with Gasteiger partial charge in [0.15, 0.2) is 11.6 Å². The molecule has 0 saturated heterocycles. The number of fused-ring (bicyclic) bond motifs is 1. The fraction of sp³-hybridized carbons (Fsp3) is 0.176. The zero-order valence-electron chi connectivity index (χ0n) is 13.1. The van der Waals surface area contributed by atoms with Gasteiger partial charge in [0.2, 0.25) is 0 Å². The van der Waals surface area contributed by atoms with Crippen molar-refractivity contribution in [3.05, 3.63) is 60.7 Å². The fourth-order valence-corrected chi connectivity index (χ4v) is 2.84. The van der Waals surface area contributed by atoms with Gasteiger partial charge in [0.1, 0.15) is 11.6 Å². The fourth-order valence-electron chi connectivity index (χ4n) is 2.84. The molecule has 0 N–H and O–H groups in total. The summed E-state index contributed by atoms with van der Waals surface area (Å²) in [4.78, 5) is 17.4. The molecule has 0 saturated carbocycles. The number of hydrogen-bond acceptors (Lipinski definition) is 4. The van der Waals surface area contributed by atoms with Gasteiger partial charge in [-0.2, -0.15) is 0 Å². The smallest absolute Gasteiger partial charge is 0.195 e. The molecule has 120 valence electrons. The number of halogens is 1. The van der Waals surface area contributed by atoms with Crippen LogP contribution in [0.3, 0.4) is 0 Å². The minimum Gasteiger partial charge on any atom is -0.327 e. The van der Waals surface area contributed by atoms with Gasteiger partial charge in [0.25, 0.3) is 0 Å². The van der Waals surface area contributed by atoms with Crippen molar-refractivity contribution in [1.82, 2.24) is 29.1 Å². The van der Waals surface area contributed by atoms with Crippen molar-refractivity contribution in [2.45, 2.75) is 20.0 Å². The average Bonchev–Trinajstić information content (AvgIpc) is 3.19. The number of nitrogens with zero attached hydrogens (tertiary/aromatic N) is 6. The molecule has 7 heteroatoms. The molecule has 1 aromatic carbocycles. The normalized spacial score (nSPS) is 11.2. The minimum atomic E-state index is -0.282. The molecular weight excluding hydrogens is 307 g/mol. The largest absolute Gasteiger partial charge is 0.327 e. The maximum Gasteiger partial charge on any atom is 0.195 e. The Kier molecular flexibility index (Phi) is 3.53. The van der Waals surface area contributed by atoms with E-state index in [-0.39, 0.29) is 5.82 Å². The molecule has 0 aliphatic rings. The van der Waals surface area contributed by atoms with Gasteiger partial charge in [0.05, 0.1) is 17.6 Å². The summed E-state index contributed by atoms with van der Waals surface area (Å²) < 4.78 is 17.5. The molecule has 0 aliphatic heterocycles. The molecule has 0 spiro atoms. The highest BCUT2D eigenvalue weighted by atomic mass is 19.1. The van der Waals surface area contributed by atoms with Crippen LogP contribution in [-0.4, -0.2) is 29.1 Å². The second kappa shape index (κ2) is 5.84. The molecule has 0 atom stereocenters. The summed E-state index contributed by atoms with van der Waals surface area (Å²) in [6, 6.07) is 6.45. The van der Waals surface area contributed by atoms with E-state index in [9.17, 15) is 4.39 Å². The Labute approximate surface area is 137 Å². The predicted octanol–water partition coefficient (Wildman–Crippen LogP) is 2.90. The second-order valence-corrected chi connectivity index (χ2v) is 5.36. The Balaban J connectivity index is 1.77. The summed E-state index contributed by atoms with van der Waals surface area (Å²) in [7, 11) is 0. The van der Waals surface area contributed by atoms with Crippen LogP contribution in [0.2, 0.25) is 0 Å². The van der Waals surface area contributed by atoms with E-state index in [0.29, 0.717) is 23.7 Å². The molecule has 0 amide bonds. The summed E-state index contributed by atoms with van der Waals surface area (Å²) >= 11 is 0.